The minimum absolute atomic E-state index is 0.219. The van der Waals surface area contributed by atoms with Crippen LogP contribution in [0.2, 0.25) is 0 Å². The van der Waals surface area contributed by atoms with Crippen molar-refractivity contribution in [3.8, 4) is 5.75 Å². The molecule has 110 valence electrons. The molecule has 1 aromatic carbocycles. The fraction of sp³-hybridized carbons (Fsp3) is 0.429. The van der Waals surface area contributed by atoms with Gasteiger partial charge in [-0.05, 0) is 32.9 Å². The molecule has 0 spiro atoms. The van der Waals surface area contributed by atoms with Gasteiger partial charge in [0.1, 0.15) is 5.75 Å². The molecule has 1 rings (SSSR count). The van der Waals surface area contributed by atoms with E-state index in [1.165, 1.54) is 13.2 Å². The molecular weight excluding hydrogens is 262 g/mol. The van der Waals surface area contributed by atoms with Gasteiger partial charge < -0.3 is 19.9 Å². The Hall–Kier alpha value is -2.08. The van der Waals surface area contributed by atoms with Crippen molar-refractivity contribution in [2.24, 2.45) is 0 Å². The van der Waals surface area contributed by atoms with Crippen molar-refractivity contribution in [1.82, 2.24) is 5.32 Å². The quantitative estimate of drug-likeness (QED) is 0.609. The third kappa shape index (κ3) is 3.27. The third-order valence-corrected chi connectivity index (χ3v) is 2.51. The van der Waals surface area contributed by atoms with Gasteiger partial charge in [0, 0.05) is 0 Å². The van der Waals surface area contributed by atoms with Crippen LogP contribution in [0.3, 0.4) is 0 Å². The zero-order chi connectivity index (χ0) is 15.4. The average molecular weight is 281 g/mol. The molecule has 0 fully saturated rings. The maximum atomic E-state index is 11.8. The van der Waals surface area contributed by atoms with Gasteiger partial charge in [0.2, 0.25) is 6.41 Å². The summed E-state index contributed by atoms with van der Waals surface area (Å²) in [5, 5.41) is 11.9. The standard InChI is InChI=1S/C14H19NO5/c1-13(2,3)20-14(12(17)18,15-9-16)10-7-5-6-8-11(10)19-4/h5-9H,1-4H3,(H,15,16)(H,17,18). The Morgan fingerprint density at radius 1 is 1.30 bits per heavy atom. The van der Waals surface area contributed by atoms with Crippen LogP contribution in [0.5, 0.6) is 5.75 Å². The Balaban J connectivity index is 3.49. The van der Waals surface area contributed by atoms with Crippen LogP contribution in [0.25, 0.3) is 0 Å². The van der Waals surface area contributed by atoms with E-state index < -0.39 is 17.3 Å². The van der Waals surface area contributed by atoms with Gasteiger partial charge >= 0.3 is 5.97 Å². The lowest BCUT2D eigenvalue weighted by Crippen LogP contribution is -2.54. The number of benzene rings is 1. The van der Waals surface area contributed by atoms with E-state index in [0.29, 0.717) is 12.2 Å². The third-order valence-electron chi connectivity index (χ3n) is 2.51. The van der Waals surface area contributed by atoms with Crippen molar-refractivity contribution in [3.05, 3.63) is 29.8 Å². The summed E-state index contributed by atoms with van der Waals surface area (Å²) in [4.78, 5) is 22.6. The number of ether oxygens (including phenoxy) is 2. The Morgan fingerprint density at radius 2 is 1.90 bits per heavy atom. The summed E-state index contributed by atoms with van der Waals surface area (Å²) in [7, 11) is 1.42. The van der Waals surface area contributed by atoms with Crippen molar-refractivity contribution < 1.29 is 24.2 Å². The monoisotopic (exact) mass is 281 g/mol. The topological polar surface area (TPSA) is 84.9 Å². The molecule has 20 heavy (non-hydrogen) atoms. The lowest BCUT2D eigenvalue weighted by Gasteiger charge is -2.36. The minimum atomic E-state index is -2.01. The molecule has 0 saturated carbocycles. The Bertz CT molecular complexity index is 495. The SMILES string of the molecule is COc1ccccc1C(NC=O)(OC(C)(C)C)C(=O)O. The van der Waals surface area contributed by atoms with Gasteiger partial charge in [0.15, 0.2) is 0 Å². The zero-order valence-corrected chi connectivity index (χ0v) is 12.0. The molecule has 1 atom stereocenters. The smallest absolute Gasteiger partial charge is 0.362 e. The largest absolute Gasteiger partial charge is 0.496 e. The second-order valence-corrected chi connectivity index (χ2v) is 5.16. The van der Waals surface area contributed by atoms with E-state index >= 15 is 0 Å². The Kier molecular flexibility index (Phi) is 4.73. The van der Waals surface area contributed by atoms with Gasteiger partial charge in [-0.2, -0.15) is 0 Å². The number of carbonyl (C=O) groups is 2. The second kappa shape index (κ2) is 5.92. The van der Waals surface area contributed by atoms with Crippen LogP contribution < -0.4 is 10.1 Å². The summed E-state index contributed by atoms with van der Waals surface area (Å²) in [6, 6.07) is 6.49. The summed E-state index contributed by atoms with van der Waals surface area (Å²) in [6.45, 7) is 5.10. The van der Waals surface area contributed by atoms with Crippen molar-refractivity contribution in [1.29, 1.82) is 0 Å². The molecule has 1 amide bonds. The molecule has 1 aromatic rings. The highest BCUT2D eigenvalue weighted by atomic mass is 16.6. The zero-order valence-electron chi connectivity index (χ0n) is 12.0. The first-order chi connectivity index (χ1) is 9.27. The molecule has 6 nitrogen and oxygen atoms in total. The highest BCUT2D eigenvalue weighted by Crippen LogP contribution is 2.34. The predicted molar refractivity (Wildman–Crippen MR) is 72.3 cm³/mol. The molecule has 0 radical (unpaired) electrons. The number of nitrogens with one attached hydrogen (secondary N) is 1. The number of amides is 1. The van der Waals surface area contributed by atoms with Gasteiger partial charge in [-0.25, -0.2) is 4.79 Å². The van der Waals surface area contributed by atoms with Gasteiger partial charge in [-0.1, -0.05) is 12.1 Å². The number of methoxy groups -OCH3 is 1. The highest BCUT2D eigenvalue weighted by Gasteiger charge is 2.46. The van der Waals surface area contributed by atoms with E-state index in [2.05, 4.69) is 5.32 Å². The normalized spacial score (nSPS) is 14.2. The number of para-hydroxylation sites is 1. The van der Waals surface area contributed by atoms with Crippen molar-refractivity contribution >= 4 is 12.4 Å². The second-order valence-electron chi connectivity index (χ2n) is 5.16. The number of carboxylic acid groups (broad SMARTS) is 1. The summed E-state index contributed by atoms with van der Waals surface area (Å²) < 4.78 is 10.8. The first-order valence-electron chi connectivity index (χ1n) is 6.05. The van der Waals surface area contributed by atoms with Crippen LogP contribution in [0.4, 0.5) is 0 Å². The summed E-state index contributed by atoms with van der Waals surface area (Å²) >= 11 is 0. The summed E-state index contributed by atoms with van der Waals surface area (Å²) in [6.07, 6.45) is 0.298. The van der Waals surface area contributed by atoms with E-state index in [4.69, 9.17) is 9.47 Å². The molecular formula is C14H19NO5. The van der Waals surface area contributed by atoms with Crippen LogP contribution in [-0.2, 0) is 20.1 Å². The van der Waals surface area contributed by atoms with Crippen molar-refractivity contribution in [3.63, 3.8) is 0 Å². The van der Waals surface area contributed by atoms with Crippen LogP contribution in [0, 0.1) is 0 Å². The van der Waals surface area contributed by atoms with Crippen LogP contribution >= 0.6 is 0 Å². The van der Waals surface area contributed by atoms with E-state index in [0.717, 1.165) is 0 Å². The molecule has 2 N–H and O–H groups in total. The fourth-order valence-electron chi connectivity index (χ4n) is 1.86. The first kappa shape index (κ1) is 16.0. The highest BCUT2D eigenvalue weighted by molar-refractivity contribution is 5.82. The molecule has 0 aliphatic rings. The van der Waals surface area contributed by atoms with Crippen molar-refractivity contribution in [2.75, 3.05) is 7.11 Å². The van der Waals surface area contributed by atoms with Gasteiger partial charge in [0.05, 0.1) is 18.3 Å². The number of carboxylic acids is 1. The molecule has 0 heterocycles. The Morgan fingerprint density at radius 3 is 2.35 bits per heavy atom. The molecule has 0 aliphatic carbocycles. The van der Waals surface area contributed by atoms with E-state index in [-0.39, 0.29) is 5.56 Å². The van der Waals surface area contributed by atoms with Crippen LogP contribution in [0.15, 0.2) is 24.3 Å². The van der Waals surface area contributed by atoms with Gasteiger partial charge in [0.25, 0.3) is 5.72 Å². The molecule has 0 aliphatic heterocycles. The van der Waals surface area contributed by atoms with Crippen LogP contribution in [0.1, 0.15) is 26.3 Å². The van der Waals surface area contributed by atoms with Crippen LogP contribution in [-0.4, -0.2) is 30.2 Å². The number of aliphatic carboxylic acids is 1. The number of hydrogen-bond donors (Lipinski definition) is 2. The predicted octanol–water partition coefficient (Wildman–Crippen LogP) is 1.49. The lowest BCUT2D eigenvalue weighted by atomic mass is 10.00. The number of carbonyl (C=O) groups excluding carboxylic acids is 1. The maximum Gasteiger partial charge on any atom is 0.362 e. The molecule has 0 saturated heterocycles. The summed E-state index contributed by atoms with van der Waals surface area (Å²) in [5.74, 6) is -1.02. The lowest BCUT2D eigenvalue weighted by molar-refractivity contribution is -0.196. The molecule has 0 aromatic heterocycles. The molecule has 6 heteroatoms. The van der Waals surface area contributed by atoms with Crippen molar-refractivity contribution in [2.45, 2.75) is 32.1 Å². The average Bonchev–Trinajstić information content (AvgIpc) is 2.36. The Labute approximate surface area is 117 Å². The van der Waals surface area contributed by atoms with E-state index in [1.54, 1.807) is 39.0 Å². The van der Waals surface area contributed by atoms with E-state index in [9.17, 15) is 14.7 Å². The van der Waals surface area contributed by atoms with Gasteiger partial charge in [-0.3, -0.25) is 4.79 Å². The molecule has 0 bridgehead atoms. The first-order valence-corrected chi connectivity index (χ1v) is 6.05. The summed E-state index contributed by atoms with van der Waals surface area (Å²) in [5.41, 5.74) is -2.58. The minimum Gasteiger partial charge on any atom is -0.496 e. The maximum absolute atomic E-state index is 11.8. The fourth-order valence-corrected chi connectivity index (χ4v) is 1.86. The van der Waals surface area contributed by atoms with E-state index in [1.807, 2.05) is 0 Å². The number of hydrogen-bond acceptors (Lipinski definition) is 4. The molecule has 1 unspecified atom stereocenters. The number of rotatable bonds is 6. The van der Waals surface area contributed by atoms with Gasteiger partial charge in [-0.15, -0.1) is 0 Å².